The average Bonchev–Trinajstić information content (AvgIpc) is 3.01. The molecule has 0 fully saturated rings. The van der Waals surface area contributed by atoms with Crippen molar-refractivity contribution in [2.45, 2.75) is 27.2 Å². The van der Waals surface area contributed by atoms with Gasteiger partial charge in [0.05, 0.1) is 0 Å². The van der Waals surface area contributed by atoms with Crippen LogP contribution < -0.4 is 20.1 Å². The Kier molecular flexibility index (Phi) is 5.02. The Morgan fingerprint density at radius 3 is 2.80 bits per heavy atom. The Morgan fingerprint density at radius 2 is 2.00 bits per heavy atom. The number of hydrogen-bond donors (Lipinski definition) is 2. The molecular weight excluding hydrogens is 320 g/mol. The van der Waals surface area contributed by atoms with Crippen molar-refractivity contribution in [1.82, 2.24) is 15.3 Å². The van der Waals surface area contributed by atoms with Crippen molar-refractivity contribution in [2.75, 3.05) is 18.7 Å². The summed E-state index contributed by atoms with van der Waals surface area (Å²) in [6.45, 7) is 6.92. The Labute approximate surface area is 146 Å². The second-order valence-electron chi connectivity index (χ2n) is 6.35. The van der Waals surface area contributed by atoms with Crippen LogP contribution in [-0.2, 0) is 0 Å². The molecule has 0 saturated carbocycles. The van der Waals surface area contributed by atoms with E-state index in [1.54, 1.807) is 6.07 Å². The summed E-state index contributed by atoms with van der Waals surface area (Å²) in [7, 11) is 0. The summed E-state index contributed by atoms with van der Waals surface area (Å²) in [5.41, 5.74) is 1.83. The van der Waals surface area contributed by atoms with E-state index in [9.17, 15) is 4.79 Å². The van der Waals surface area contributed by atoms with Crippen LogP contribution in [0.3, 0.4) is 0 Å². The molecule has 0 spiro atoms. The summed E-state index contributed by atoms with van der Waals surface area (Å²) >= 11 is 0. The predicted octanol–water partition coefficient (Wildman–Crippen LogP) is 3.03. The van der Waals surface area contributed by atoms with Crippen molar-refractivity contribution in [3.05, 3.63) is 35.7 Å². The highest BCUT2D eigenvalue weighted by Gasteiger charge is 2.15. The van der Waals surface area contributed by atoms with Gasteiger partial charge >= 0.3 is 0 Å². The van der Waals surface area contributed by atoms with Gasteiger partial charge in [-0.2, -0.15) is 0 Å². The van der Waals surface area contributed by atoms with Crippen molar-refractivity contribution in [3.8, 4) is 11.5 Å². The lowest BCUT2D eigenvalue weighted by Crippen LogP contribution is -2.26. The van der Waals surface area contributed by atoms with Crippen LogP contribution in [0.1, 0.15) is 36.5 Å². The first-order valence-corrected chi connectivity index (χ1v) is 8.32. The molecule has 0 atom stereocenters. The maximum atomic E-state index is 12.3. The van der Waals surface area contributed by atoms with Crippen LogP contribution in [0.2, 0.25) is 0 Å². The first-order valence-electron chi connectivity index (χ1n) is 8.32. The lowest BCUT2D eigenvalue weighted by Gasteiger charge is -2.10. The molecule has 3 rings (SSSR count). The molecular formula is C18H22N4O3. The van der Waals surface area contributed by atoms with Gasteiger partial charge in [-0.1, -0.05) is 13.8 Å². The zero-order valence-electron chi connectivity index (χ0n) is 14.6. The summed E-state index contributed by atoms with van der Waals surface area (Å²) in [5.74, 6) is 2.09. The number of benzene rings is 1. The third-order valence-corrected chi connectivity index (χ3v) is 3.72. The van der Waals surface area contributed by atoms with Gasteiger partial charge in [0, 0.05) is 24.0 Å². The number of rotatable bonds is 6. The van der Waals surface area contributed by atoms with E-state index in [-0.39, 0.29) is 12.7 Å². The van der Waals surface area contributed by atoms with Gasteiger partial charge in [-0.25, -0.2) is 9.97 Å². The highest BCUT2D eigenvalue weighted by molar-refractivity contribution is 5.92. The monoisotopic (exact) mass is 342 g/mol. The lowest BCUT2D eigenvalue weighted by atomic mass is 10.1. The SMILES string of the molecule is Cc1cc(C(=O)NCCC(C)C)nc(Nc2ccc3c(c2)OCO3)n1. The predicted molar refractivity (Wildman–Crippen MR) is 94.4 cm³/mol. The van der Waals surface area contributed by atoms with Gasteiger partial charge in [0.1, 0.15) is 5.69 Å². The molecule has 2 N–H and O–H groups in total. The molecule has 7 heteroatoms. The number of aryl methyl sites for hydroxylation is 1. The van der Waals surface area contributed by atoms with Gasteiger partial charge in [-0.15, -0.1) is 0 Å². The third kappa shape index (κ3) is 4.37. The summed E-state index contributed by atoms with van der Waals surface area (Å²) in [5, 5.41) is 6.00. The second kappa shape index (κ2) is 7.38. The fourth-order valence-corrected chi connectivity index (χ4v) is 2.41. The molecule has 1 aliphatic heterocycles. The minimum Gasteiger partial charge on any atom is -0.454 e. The van der Waals surface area contributed by atoms with Crippen LogP contribution >= 0.6 is 0 Å². The molecule has 25 heavy (non-hydrogen) atoms. The summed E-state index contributed by atoms with van der Waals surface area (Å²) in [6.07, 6.45) is 0.929. The molecule has 132 valence electrons. The number of nitrogens with one attached hydrogen (secondary N) is 2. The largest absolute Gasteiger partial charge is 0.454 e. The van der Waals surface area contributed by atoms with E-state index in [0.29, 0.717) is 41.3 Å². The molecule has 1 aliphatic rings. The van der Waals surface area contributed by atoms with E-state index in [1.165, 1.54) is 0 Å². The van der Waals surface area contributed by atoms with Crippen molar-refractivity contribution >= 4 is 17.5 Å². The number of ether oxygens (including phenoxy) is 2. The molecule has 0 bridgehead atoms. The minimum atomic E-state index is -0.195. The van der Waals surface area contributed by atoms with E-state index in [2.05, 4.69) is 34.4 Å². The molecule has 7 nitrogen and oxygen atoms in total. The third-order valence-electron chi connectivity index (χ3n) is 3.72. The smallest absolute Gasteiger partial charge is 0.270 e. The van der Waals surface area contributed by atoms with Gasteiger partial charge < -0.3 is 20.1 Å². The van der Waals surface area contributed by atoms with Gasteiger partial charge in [-0.3, -0.25) is 4.79 Å². The quantitative estimate of drug-likeness (QED) is 0.839. The number of aromatic nitrogens is 2. The number of carbonyl (C=O) groups excluding carboxylic acids is 1. The fraction of sp³-hybridized carbons (Fsp3) is 0.389. The van der Waals surface area contributed by atoms with E-state index >= 15 is 0 Å². The Balaban J connectivity index is 1.72. The zero-order valence-corrected chi connectivity index (χ0v) is 14.6. The van der Waals surface area contributed by atoms with E-state index < -0.39 is 0 Å². The molecule has 0 unspecified atom stereocenters. The number of carbonyl (C=O) groups is 1. The van der Waals surface area contributed by atoms with Gasteiger partial charge in [-0.05, 0) is 37.5 Å². The van der Waals surface area contributed by atoms with Gasteiger partial charge in [0.15, 0.2) is 11.5 Å². The molecule has 2 aromatic rings. The maximum Gasteiger partial charge on any atom is 0.270 e. The zero-order chi connectivity index (χ0) is 17.8. The lowest BCUT2D eigenvalue weighted by molar-refractivity contribution is 0.0947. The molecule has 1 aromatic heterocycles. The van der Waals surface area contributed by atoms with Crippen molar-refractivity contribution in [1.29, 1.82) is 0 Å². The number of hydrogen-bond acceptors (Lipinski definition) is 6. The minimum absolute atomic E-state index is 0.195. The van der Waals surface area contributed by atoms with Crippen LogP contribution in [0, 0.1) is 12.8 Å². The summed E-state index contributed by atoms with van der Waals surface area (Å²) < 4.78 is 10.7. The topological polar surface area (TPSA) is 85.4 Å². The van der Waals surface area contributed by atoms with Crippen molar-refractivity contribution in [3.63, 3.8) is 0 Å². The molecule has 2 heterocycles. The van der Waals surface area contributed by atoms with Crippen LogP contribution in [0.25, 0.3) is 0 Å². The first-order chi connectivity index (χ1) is 12.0. The molecule has 0 aliphatic carbocycles. The second-order valence-corrected chi connectivity index (χ2v) is 6.35. The molecule has 1 amide bonds. The molecule has 1 aromatic carbocycles. The van der Waals surface area contributed by atoms with Crippen LogP contribution in [0.4, 0.5) is 11.6 Å². The maximum absolute atomic E-state index is 12.3. The Morgan fingerprint density at radius 1 is 1.20 bits per heavy atom. The van der Waals surface area contributed by atoms with Crippen molar-refractivity contribution in [2.24, 2.45) is 5.92 Å². The van der Waals surface area contributed by atoms with Crippen LogP contribution in [0.15, 0.2) is 24.3 Å². The number of nitrogens with zero attached hydrogens (tertiary/aromatic N) is 2. The standard InChI is InChI=1S/C18H22N4O3/c1-11(2)6-7-19-17(23)14-8-12(3)20-18(22-14)21-13-4-5-15-16(9-13)25-10-24-15/h4-5,8-9,11H,6-7,10H2,1-3H3,(H,19,23)(H,20,21,22). The van der Waals surface area contributed by atoms with Gasteiger partial charge in [0.25, 0.3) is 5.91 Å². The van der Waals surface area contributed by atoms with E-state index in [0.717, 1.165) is 12.1 Å². The number of fused-ring (bicyclic) bond motifs is 1. The Bertz CT molecular complexity index is 777. The normalized spacial score (nSPS) is 12.3. The van der Waals surface area contributed by atoms with E-state index in [1.807, 2.05) is 25.1 Å². The van der Waals surface area contributed by atoms with Crippen molar-refractivity contribution < 1.29 is 14.3 Å². The van der Waals surface area contributed by atoms with Gasteiger partial charge in [0.2, 0.25) is 12.7 Å². The highest BCUT2D eigenvalue weighted by atomic mass is 16.7. The summed E-state index contributed by atoms with van der Waals surface area (Å²) in [6, 6.07) is 7.16. The molecule has 0 saturated heterocycles. The fourth-order valence-electron chi connectivity index (χ4n) is 2.41. The Hall–Kier alpha value is -2.83. The number of anilines is 2. The van der Waals surface area contributed by atoms with E-state index in [4.69, 9.17) is 9.47 Å². The first kappa shape index (κ1) is 17.0. The number of amides is 1. The highest BCUT2D eigenvalue weighted by Crippen LogP contribution is 2.34. The van der Waals surface area contributed by atoms with Crippen LogP contribution in [-0.4, -0.2) is 29.2 Å². The van der Waals surface area contributed by atoms with Crippen LogP contribution in [0.5, 0.6) is 11.5 Å². The molecule has 0 radical (unpaired) electrons. The summed E-state index contributed by atoms with van der Waals surface area (Å²) in [4.78, 5) is 20.9. The average molecular weight is 342 g/mol.